The van der Waals surface area contributed by atoms with Crippen LogP contribution in [0.3, 0.4) is 0 Å². The van der Waals surface area contributed by atoms with Crippen LogP contribution in [0.2, 0.25) is 0 Å². The number of carboxylic acids is 1. The second-order valence-corrected chi connectivity index (χ2v) is 5.81. The molecule has 2 aliphatic heterocycles. The SMILES string of the molecule is CC1CCNC(C(=O)N2CCCC2(C)C(=O)O)C1. The van der Waals surface area contributed by atoms with E-state index in [2.05, 4.69) is 12.2 Å². The molecule has 3 unspecified atom stereocenters. The molecule has 2 fully saturated rings. The molecule has 0 saturated carbocycles. The summed E-state index contributed by atoms with van der Waals surface area (Å²) in [5.74, 6) is -0.403. The Kier molecular flexibility index (Phi) is 3.61. The van der Waals surface area contributed by atoms with Crippen LogP contribution in [0.5, 0.6) is 0 Å². The van der Waals surface area contributed by atoms with E-state index >= 15 is 0 Å². The summed E-state index contributed by atoms with van der Waals surface area (Å²) in [4.78, 5) is 25.4. The van der Waals surface area contributed by atoms with Crippen LogP contribution in [0, 0.1) is 5.92 Å². The summed E-state index contributed by atoms with van der Waals surface area (Å²) in [6, 6.07) is -0.203. The summed E-state index contributed by atoms with van der Waals surface area (Å²) in [6.45, 7) is 5.21. The van der Waals surface area contributed by atoms with Crippen molar-refractivity contribution in [2.45, 2.75) is 51.1 Å². The average Bonchev–Trinajstić information content (AvgIpc) is 2.72. The van der Waals surface area contributed by atoms with Crippen molar-refractivity contribution in [3.05, 3.63) is 0 Å². The highest BCUT2D eigenvalue weighted by atomic mass is 16.4. The lowest BCUT2D eigenvalue weighted by molar-refractivity contribution is -0.156. The monoisotopic (exact) mass is 254 g/mol. The van der Waals surface area contributed by atoms with Crippen molar-refractivity contribution in [1.82, 2.24) is 10.2 Å². The first-order chi connectivity index (χ1) is 8.45. The van der Waals surface area contributed by atoms with E-state index in [0.29, 0.717) is 18.9 Å². The summed E-state index contributed by atoms with van der Waals surface area (Å²) in [6.07, 6.45) is 3.22. The lowest BCUT2D eigenvalue weighted by Gasteiger charge is -2.36. The maximum absolute atomic E-state index is 12.5. The minimum atomic E-state index is -1.01. The number of carbonyl (C=O) groups is 2. The van der Waals surface area contributed by atoms with Crippen LogP contribution >= 0.6 is 0 Å². The van der Waals surface area contributed by atoms with Crippen molar-refractivity contribution in [3.8, 4) is 0 Å². The number of likely N-dealkylation sites (tertiary alicyclic amines) is 1. The molecule has 2 saturated heterocycles. The predicted molar refractivity (Wildman–Crippen MR) is 67.2 cm³/mol. The van der Waals surface area contributed by atoms with Gasteiger partial charge < -0.3 is 15.3 Å². The van der Waals surface area contributed by atoms with Crippen molar-refractivity contribution >= 4 is 11.9 Å². The summed E-state index contributed by atoms with van der Waals surface area (Å²) < 4.78 is 0. The molecule has 2 aliphatic rings. The van der Waals surface area contributed by atoms with Crippen molar-refractivity contribution in [1.29, 1.82) is 0 Å². The van der Waals surface area contributed by atoms with Gasteiger partial charge in [-0.05, 0) is 45.1 Å². The second kappa shape index (κ2) is 4.88. The number of nitrogens with one attached hydrogen (secondary N) is 1. The smallest absolute Gasteiger partial charge is 0.329 e. The van der Waals surface area contributed by atoms with Crippen LogP contribution in [-0.4, -0.2) is 46.6 Å². The standard InChI is InChI=1S/C13H22N2O3/c1-9-4-6-14-10(8-9)11(16)15-7-3-5-13(15,2)12(17)18/h9-10,14H,3-8H2,1-2H3,(H,17,18). The van der Waals surface area contributed by atoms with Gasteiger partial charge in [-0.1, -0.05) is 6.92 Å². The topological polar surface area (TPSA) is 69.6 Å². The molecular weight excluding hydrogens is 232 g/mol. The molecular formula is C13H22N2O3. The fourth-order valence-electron chi connectivity index (χ4n) is 3.02. The van der Waals surface area contributed by atoms with E-state index in [-0.39, 0.29) is 11.9 Å². The molecule has 0 bridgehead atoms. The van der Waals surface area contributed by atoms with Crippen molar-refractivity contribution in [2.24, 2.45) is 5.92 Å². The van der Waals surface area contributed by atoms with Crippen LogP contribution in [0.4, 0.5) is 0 Å². The number of piperidine rings is 1. The Morgan fingerprint density at radius 2 is 2.17 bits per heavy atom. The van der Waals surface area contributed by atoms with Crippen LogP contribution in [0.1, 0.15) is 39.5 Å². The number of carbonyl (C=O) groups excluding carboxylic acids is 1. The molecule has 3 atom stereocenters. The van der Waals surface area contributed by atoms with Gasteiger partial charge in [0.15, 0.2) is 0 Å². The van der Waals surface area contributed by atoms with E-state index in [1.54, 1.807) is 11.8 Å². The molecule has 1 amide bonds. The lowest BCUT2D eigenvalue weighted by Crippen LogP contribution is -2.57. The number of hydrogen-bond donors (Lipinski definition) is 2. The molecule has 0 radical (unpaired) electrons. The third kappa shape index (κ3) is 2.23. The summed E-state index contributed by atoms with van der Waals surface area (Å²) >= 11 is 0. The number of nitrogens with zero attached hydrogens (tertiary/aromatic N) is 1. The Hall–Kier alpha value is -1.10. The highest BCUT2D eigenvalue weighted by Crippen LogP contribution is 2.31. The van der Waals surface area contributed by atoms with E-state index in [1.165, 1.54) is 0 Å². The number of rotatable bonds is 2. The molecule has 102 valence electrons. The molecule has 0 aromatic rings. The average molecular weight is 254 g/mol. The first-order valence-corrected chi connectivity index (χ1v) is 6.73. The molecule has 0 spiro atoms. The Morgan fingerprint density at radius 3 is 2.78 bits per heavy atom. The van der Waals surface area contributed by atoms with Gasteiger partial charge in [-0.2, -0.15) is 0 Å². The Labute approximate surface area is 108 Å². The summed E-state index contributed by atoms with van der Waals surface area (Å²) in [7, 11) is 0. The molecule has 0 aromatic heterocycles. The van der Waals surface area contributed by atoms with Crippen molar-refractivity contribution in [2.75, 3.05) is 13.1 Å². The van der Waals surface area contributed by atoms with Gasteiger partial charge in [-0.15, -0.1) is 0 Å². The first kappa shape index (κ1) is 13.3. The van der Waals surface area contributed by atoms with E-state index in [0.717, 1.165) is 25.8 Å². The molecule has 2 N–H and O–H groups in total. The van der Waals surface area contributed by atoms with E-state index in [4.69, 9.17) is 0 Å². The van der Waals surface area contributed by atoms with Gasteiger partial charge in [-0.25, -0.2) is 4.79 Å². The summed E-state index contributed by atoms with van der Waals surface area (Å²) in [5.41, 5.74) is -1.01. The van der Waals surface area contributed by atoms with Gasteiger partial charge in [0.2, 0.25) is 5.91 Å². The third-order valence-electron chi connectivity index (χ3n) is 4.33. The molecule has 5 heteroatoms. The molecule has 18 heavy (non-hydrogen) atoms. The highest BCUT2D eigenvalue weighted by Gasteiger charge is 2.47. The molecule has 0 aliphatic carbocycles. The van der Waals surface area contributed by atoms with Gasteiger partial charge in [0.05, 0.1) is 6.04 Å². The van der Waals surface area contributed by atoms with Crippen molar-refractivity contribution in [3.63, 3.8) is 0 Å². The molecule has 0 aromatic carbocycles. The number of carboxylic acid groups (broad SMARTS) is 1. The van der Waals surface area contributed by atoms with Crippen LogP contribution in [0.25, 0.3) is 0 Å². The van der Waals surface area contributed by atoms with Crippen LogP contribution in [-0.2, 0) is 9.59 Å². The van der Waals surface area contributed by atoms with Crippen LogP contribution < -0.4 is 5.32 Å². The number of aliphatic carboxylic acids is 1. The minimum absolute atomic E-state index is 0.0380. The van der Waals surface area contributed by atoms with Gasteiger partial charge in [0.25, 0.3) is 0 Å². The lowest BCUT2D eigenvalue weighted by atomic mass is 9.92. The zero-order chi connectivity index (χ0) is 13.3. The normalized spacial score (nSPS) is 36.7. The highest BCUT2D eigenvalue weighted by molar-refractivity contribution is 5.90. The van der Waals surface area contributed by atoms with E-state index < -0.39 is 11.5 Å². The minimum Gasteiger partial charge on any atom is -0.480 e. The fourth-order valence-corrected chi connectivity index (χ4v) is 3.02. The maximum Gasteiger partial charge on any atom is 0.329 e. The van der Waals surface area contributed by atoms with E-state index in [1.807, 2.05) is 0 Å². The number of amides is 1. The van der Waals surface area contributed by atoms with Gasteiger partial charge >= 0.3 is 5.97 Å². The quantitative estimate of drug-likeness (QED) is 0.766. The Bertz CT molecular complexity index is 358. The molecule has 5 nitrogen and oxygen atoms in total. The molecule has 2 rings (SSSR count). The second-order valence-electron chi connectivity index (χ2n) is 5.81. The van der Waals surface area contributed by atoms with Gasteiger partial charge in [0.1, 0.15) is 5.54 Å². The Balaban J connectivity index is 2.10. The van der Waals surface area contributed by atoms with Crippen molar-refractivity contribution < 1.29 is 14.7 Å². The third-order valence-corrected chi connectivity index (χ3v) is 4.33. The van der Waals surface area contributed by atoms with Gasteiger partial charge in [0, 0.05) is 6.54 Å². The summed E-state index contributed by atoms with van der Waals surface area (Å²) in [5, 5.41) is 12.5. The van der Waals surface area contributed by atoms with Gasteiger partial charge in [-0.3, -0.25) is 4.79 Å². The van der Waals surface area contributed by atoms with Crippen LogP contribution in [0.15, 0.2) is 0 Å². The number of hydrogen-bond acceptors (Lipinski definition) is 3. The Morgan fingerprint density at radius 1 is 1.44 bits per heavy atom. The maximum atomic E-state index is 12.5. The molecule has 2 heterocycles. The zero-order valence-electron chi connectivity index (χ0n) is 11.1. The first-order valence-electron chi connectivity index (χ1n) is 6.73. The predicted octanol–water partition coefficient (Wildman–Crippen LogP) is 0.840. The largest absolute Gasteiger partial charge is 0.480 e. The zero-order valence-corrected chi connectivity index (χ0v) is 11.1. The van der Waals surface area contributed by atoms with E-state index in [9.17, 15) is 14.7 Å². The fraction of sp³-hybridized carbons (Fsp3) is 0.846.